The Hall–Kier alpha value is -2.82. The fraction of sp³-hybridized carbons (Fsp3) is 0.474. The minimum atomic E-state index is -4.67. The lowest BCUT2D eigenvalue weighted by atomic mass is 10.1. The van der Waals surface area contributed by atoms with Crippen LogP contribution in [0.2, 0.25) is 5.15 Å². The third-order valence-corrected chi connectivity index (χ3v) is 5.75. The Labute approximate surface area is 179 Å². The standard InChI is InChI=1S/C19H18ClF3N4O4/c1-31-14(29)9-25-4-5-26(8-13(25)28)18(30)15-16(20)27-7-11(10-2-3-10)6-12(17(27)24-15)19(21,22)23/h6-7,10H,2-5,8-9H2,1H3. The summed E-state index contributed by atoms with van der Waals surface area (Å²) >= 11 is 6.27. The van der Waals surface area contributed by atoms with Crippen molar-refractivity contribution in [2.75, 3.05) is 33.3 Å². The van der Waals surface area contributed by atoms with Gasteiger partial charge in [-0.25, -0.2) is 4.98 Å². The number of carbonyl (C=O) groups excluding carboxylic acids is 3. The highest BCUT2D eigenvalue weighted by Crippen LogP contribution is 2.43. The van der Waals surface area contributed by atoms with Crippen LogP contribution in [0.5, 0.6) is 0 Å². The number of imidazole rings is 1. The van der Waals surface area contributed by atoms with Crippen LogP contribution in [0.25, 0.3) is 5.65 Å². The van der Waals surface area contributed by atoms with Crippen LogP contribution in [0.3, 0.4) is 0 Å². The number of piperazine rings is 1. The van der Waals surface area contributed by atoms with E-state index >= 15 is 0 Å². The number of esters is 1. The minimum Gasteiger partial charge on any atom is -0.468 e. The Morgan fingerprint density at radius 1 is 1.29 bits per heavy atom. The summed E-state index contributed by atoms with van der Waals surface area (Å²) in [5.41, 5.74) is -1.28. The van der Waals surface area contributed by atoms with Crippen molar-refractivity contribution in [3.05, 3.63) is 34.2 Å². The molecule has 31 heavy (non-hydrogen) atoms. The van der Waals surface area contributed by atoms with E-state index in [4.69, 9.17) is 11.6 Å². The maximum atomic E-state index is 13.6. The molecule has 166 valence electrons. The van der Waals surface area contributed by atoms with Crippen molar-refractivity contribution in [1.82, 2.24) is 19.2 Å². The summed E-state index contributed by atoms with van der Waals surface area (Å²) in [6, 6.07) is 1.06. The number of fused-ring (bicyclic) bond motifs is 1. The van der Waals surface area contributed by atoms with Gasteiger partial charge >= 0.3 is 12.1 Å². The molecule has 0 atom stereocenters. The van der Waals surface area contributed by atoms with E-state index in [9.17, 15) is 27.6 Å². The molecule has 2 fully saturated rings. The van der Waals surface area contributed by atoms with Crippen molar-refractivity contribution in [2.24, 2.45) is 0 Å². The second-order valence-electron chi connectivity index (χ2n) is 7.52. The number of amides is 2. The maximum Gasteiger partial charge on any atom is 0.419 e. The van der Waals surface area contributed by atoms with Gasteiger partial charge in [0.15, 0.2) is 11.3 Å². The Morgan fingerprint density at radius 3 is 2.58 bits per heavy atom. The quantitative estimate of drug-likeness (QED) is 0.657. The first kappa shape index (κ1) is 21.4. The van der Waals surface area contributed by atoms with Crippen LogP contribution in [0, 0.1) is 0 Å². The van der Waals surface area contributed by atoms with Gasteiger partial charge in [0.1, 0.15) is 18.2 Å². The normalized spacial score (nSPS) is 17.4. The Bertz CT molecular complexity index is 1080. The largest absolute Gasteiger partial charge is 0.468 e. The van der Waals surface area contributed by atoms with Crippen molar-refractivity contribution in [1.29, 1.82) is 0 Å². The zero-order valence-electron chi connectivity index (χ0n) is 16.4. The Morgan fingerprint density at radius 2 is 2.00 bits per heavy atom. The average molecular weight is 459 g/mol. The molecule has 0 radical (unpaired) electrons. The Balaban J connectivity index is 1.64. The van der Waals surface area contributed by atoms with E-state index in [1.54, 1.807) is 0 Å². The molecule has 0 bridgehead atoms. The van der Waals surface area contributed by atoms with Crippen LogP contribution in [-0.4, -0.2) is 70.3 Å². The smallest absolute Gasteiger partial charge is 0.419 e. The molecule has 4 rings (SSSR count). The predicted molar refractivity (Wildman–Crippen MR) is 102 cm³/mol. The number of halogens is 4. The molecule has 3 heterocycles. The summed E-state index contributed by atoms with van der Waals surface area (Å²) in [6.45, 7) is -0.444. The number of hydrogen-bond acceptors (Lipinski definition) is 5. The minimum absolute atomic E-state index is 0.0311. The highest BCUT2D eigenvalue weighted by atomic mass is 35.5. The van der Waals surface area contributed by atoms with Gasteiger partial charge in [-0.2, -0.15) is 13.2 Å². The van der Waals surface area contributed by atoms with Gasteiger partial charge in [0, 0.05) is 19.3 Å². The number of carbonyl (C=O) groups is 3. The second-order valence-corrected chi connectivity index (χ2v) is 7.88. The molecule has 2 aromatic heterocycles. The van der Waals surface area contributed by atoms with Gasteiger partial charge in [0.05, 0.1) is 12.7 Å². The zero-order chi connectivity index (χ0) is 22.5. The molecule has 2 aliphatic rings. The topological polar surface area (TPSA) is 84.2 Å². The summed E-state index contributed by atoms with van der Waals surface area (Å²) in [6.07, 6.45) is -1.61. The van der Waals surface area contributed by atoms with E-state index in [2.05, 4.69) is 9.72 Å². The molecule has 1 saturated carbocycles. The van der Waals surface area contributed by atoms with Gasteiger partial charge in [-0.1, -0.05) is 11.6 Å². The van der Waals surface area contributed by atoms with Crippen molar-refractivity contribution < 1.29 is 32.3 Å². The predicted octanol–water partition coefficient (Wildman–Crippen LogP) is 2.34. The molecule has 8 nitrogen and oxygen atoms in total. The summed E-state index contributed by atoms with van der Waals surface area (Å²) in [4.78, 5) is 42.9. The van der Waals surface area contributed by atoms with Gasteiger partial charge < -0.3 is 14.5 Å². The van der Waals surface area contributed by atoms with Crippen LogP contribution < -0.4 is 0 Å². The number of hydrogen-bond donors (Lipinski definition) is 0. The van der Waals surface area contributed by atoms with Crippen LogP contribution in [0.15, 0.2) is 12.3 Å². The number of pyridine rings is 1. The fourth-order valence-corrected chi connectivity index (χ4v) is 3.79. The van der Waals surface area contributed by atoms with E-state index in [1.165, 1.54) is 18.2 Å². The van der Waals surface area contributed by atoms with E-state index in [0.29, 0.717) is 5.56 Å². The molecule has 0 N–H and O–H groups in total. The van der Waals surface area contributed by atoms with Crippen LogP contribution in [0.1, 0.15) is 40.4 Å². The zero-order valence-corrected chi connectivity index (χ0v) is 17.2. The van der Waals surface area contributed by atoms with Crippen molar-refractivity contribution in [3.8, 4) is 0 Å². The molecular formula is C19H18ClF3N4O4. The molecule has 2 amide bonds. The third kappa shape index (κ3) is 4.06. The van der Waals surface area contributed by atoms with Gasteiger partial charge in [0.2, 0.25) is 5.91 Å². The van der Waals surface area contributed by atoms with Crippen LogP contribution in [0.4, 0.5) is 13.2 Å². The lowest BCUT2D eigenvalue weighted by Gasteiger charge is -2.33. The number of methoxy groups -OCH3 is 1. The average Bonchev–Trinajstić information content (AvgIpc) is 3.51. The van der Waals surface area contributed by atoms with Crippen LogP contribution in [-0.2, 0) is 20.5 Å². The lowest BCUT2D eigenvalue weighted by Crippen LogP contribution is -2.53. The summed E-state index contributed by atoms with van der Waals surface area (Å²) in [5, 5.41) is -0.238. The van der Waals surface area contributed by atoms with E-state index in [-0.39, 0.29) is 42.9 Å². The molecular weight excluding hydrogens is 441 g/mol. The molecule has 1 aliphatic carbocycles. The second kappa shape index (κ2) is 7.70. The van der Waals surface area contributed by atoms with Crippen molar-refractivity contribution >= 4 is 35.0 Å². The van der Waals surface area contributed by atoms with E-state index in [1.807, 2.05) is 0 Å². The third-order valence-electron chi connectivity index (χ3n) is 5.39. The van der Waals surface area contributed by atoms with Gasteiger partial charge in [-0.3, -0.25) is 18.8 Å². The molecule has 1 aliphatic heterocycles. The van der Waals surface area contributed by atoms with Gasteiger partial charge in [-0.05, 0) is 30.4 Å². The van der Waals surface area contributed by atoms with Crippen molar-refractivity contribution in [2.45, 2.75) is 24.9 Å². The molecule has 0 spiro atoms. The molecule has 0 aromatic carbocycles. The summed E-state index contributed by atoms with van der Waals surface area (Å²) < 4.78 is 46.5. The molecule has 0 unspecified atom stereocenters. The molecule has 1 saturated heterocycles. The SMILES string of the molecule is COC(=O)CN1CCN(C(=O)c2nc3c(C(F)(F)F)cc(C4CC4)cn3c2Cl)CC1=O. The summed E-state index contributed by atoms with van der Waals surface area (Å²) in [7, 11) is 1.20. The Kier molecular flexibility index (Phi) is 5.32. The highest BCUT2D eigenvalue weighted by Gasteiger charge is 2.38. The first-order valence-corrected chi connectivity index (χ1v) is 9.90. The van der Waals surface area contributed by atoms with Crippen molar-refractivity contribution in [3.63, 3.8) is 0 Å². The molecule has 2 aromatic rings. The lowest BCUT2D eigenvalue weighted by molar-refractivity contribution is -0.148. The maximum absolute atomic E-state index is 13.6. The number of ether oxygens (including phenoxy) is 1. The van der Waals surface area contributed by atoms with E-state index in [0.717, 1.165) is 28.2 Å². The van der Waals surface area contributed by atoms with Gasteiger partial charge in [-0.15, -0.1) is 0 Å². The highest BCUT2D eigenvalue weighted by molar-refractivity contribution is 6.33. The molecule has 12 heteroatoms. The fourth-order valence-electron chi connectivity index (χ4n) is 3.54. The van der Waals surface area contributed by atoms with Crippen LogP contribution >= 0.6 is 11.6 Å². The summed E-state index contributed by atoms with van der Waals surface area (Å²) in [5.74, 6) is -1.80. The number of alkyl halides is 3. The number of aromatic nitrogens is 2. The van der Waals surface area contributed by atoms with E-state index < -0.39 is 35.2 Å². The number of rotatable bonds is 4. The first-order chi connectivity index (χ1) is 14.6. The van der Waals surface area contributed by atoms with Gasteiger partial charge in [0.25, 0.3) is 5.91 Å². The first-order valence-electron chi connectivity index (χ1n) is 9.52. The monoisotopic (exact) mass is 458 g/mol. The number of nitrogens with zero attached hydrogens (tertiary/aromatic N) is 4.